The molecule has 5 nitrogen and oxygen atoms in total. The number of anilines is 1. The van der Waals surface area contributed by atoms with Crippen LogP contribution in [0.1, 0.15) is 38.6 Å². The Morgan fingerprint density at radius 3 is 2.83 bits per heavy atom. The number of nitrogens with one attached hydrogen (secondary N) is 1. The van der Waals surface area contributed by atoms with Crippen molar-refractivity contribution in [2.45, 2.75) is 44.7 Å². The van der Waals surface area contributed by atoms with Crippen molar-refractivity contribution < 1.29 is 4.74 Å². The van der Waals surface area contributed by atoms with Crippen LogP contribution in [-0.2, 0) is 4.74 Å². The second-order valence-electron chi connectivity index (χ2n) is 5.05. The van der Waals surface area contributed by atoms with Gasteiger partial charge in [-0.25, -0.2) is 5.10 Å². The molecule has 1 unspecified atom stereocenters. The van der Waals surface area contributed by atoms with Crippen molar-refractivity contribution in [3.8, 4) is 0 Å². The summed E-state index contributed by atoms with van der Waals surface area (Å²) in [4.78, 5) is 2.13. The lowest BCUT2D eigenvalue weighted by atomic mass is 10.2. The zero-order valence-electron chi connectivity index (χ0n) is 11.3. The Balaban J connectivity index is 2.24. The highest BCUT2D eigenvalue weighted by atomic mass is 32.1. The molecule has 1 atom stereocenters. The Labute approximate surface area is 113 Å². The van der Waals surface area contributed by atoms with Gasteiger partial charge >= 0.3 is 0 Å². The number of methoxy groups -OCH3 is 1. The van der Waals surface area contributed by atoms with E-state index in [9.17, 15) is 0 Å². The predicted octanol–water partition coefficient (Wildman–Crippen LogP) is 2.53. The van der Waals surface area contributed by atoms with Gasteiger partial charge in [0.2, 0.25) is 5.95 Å². The minimum absolute atomic E-state index is 0.278. The summed E-state index contributed by atoms with van der Waals surface area (Å²) in [6, 6.07) is 0.781. The molecule has 1 aliphatic carbocycles. The summed E-state index contributed by atoms with van der Waals surface area (Å²) in [7, 11) is 3.76. The smallest absolute Gasteiger partial charge is 0.226 e. The van der Waals surface area contributed by atoms with Crippen LogP contribution in [0.2, 0.25) is 0 Å². The average molecular weight is 270 g/mol. The van der Waals surface area contributed by atoms with Crippen LogP contribution in [0.5, 0.6) is 0 Å². The van der Waals surface area contributed by atoms with Gasteiger partial charge in [-0.1, -0.05) is 12.8 Å². The Morgan fingerprint density at radius 1 is 1.56 bits per heavy atom. The van der Waals surface area contributed by atoms with Crippen molar-refractivity contribution in [3.05, 3.63) is 4.77 Å². The Morgan fingerprint density at radius 2 is 2.22 bits per heavy atom. The molecule has 0 amide bonds. The van der Waals surface area contributed by atoms with Gasteiger partial charge in [0.1, 0.15) is 0 Å². The first-order chi connectivity index (χ1) is 8.65. The number of aromatic amines is 1. The predicted molar refractivity (Wildman–Crippen MR) is 74.7 cm³/mol. The maximum atomic E-state index is 5.37. The normalized spacial score (nSPS) is 18.2. The lowest BCUT2D eigenvalue weighted by Crippen LogP contribution is -2.35. The fraction of sp³-hybridized carbons (Fsp3) is 0.833. The van der Waals surface area contributed by atoms with Gasteiger partial charge in [0.05, 0.1) is 12.6 Å². The van der Waals surface area contributed by atoms with Gasteiger partial charge < -0.3 is 9.64 Å². The molecule has 1 heterocycles. The molecule has 1 aromatic heterocycles. The number of hydrogen-bond donors (Lipinski definition) is 1. The molecule has 0 spiro atoms. The molecular weight excluding hydrogens is 248 g/mol. The fourth-order valence-electron chi connectivity index (χ4n) is 2.59. The van der Waals surface area contributed by atoms with Gasteiger partial charge in [-0.2, -0.15) is 0 Å². The molecule has 1 aromatic rings. The van der Waals surface area contributed by atoms with E-state index in [2.05, 4.69) is 26.6 Å². The molecule has 0 radical (unpaired) electrons. The van der Waals surface area contributed by atoms with Crippen molar-refractivity contribution >= 4 is 18.2 Å². The molecule has 0 aliphatic heterocycles. The van der Waals surface area contributed by atoms with E-state index in [1.165, 1.54) is 25.7 Å². The van der Waals surface area contributed by atoms with Crippen LogP contribution in [0, 0.1) is 4.77 Å². The third-order valence-corrected chi connectivity index (χ3v) is 4.05. The molecule has 0 aromatic carbocycles. The van der Waals surface area contributed by atoms with E-state index in [0.29, 0.717) is 12.6 Å². The average Bonchev–Trinajstić information content (AvgIpc) is 2.97. The van der Waals surface area contributed by atoms with E-state index in [-0.39, 0.29) is 6.04 Å². The Bertz CT molecular complexity index is 436. The van der Waals surface area contributed by atoms with Crippen LogP contribution in [0.15, 0.2) is 0 Å². The second-order valence-corrected chi connectivity index (χ2v) is 5.44. The Kier molecular flexibility index (Phi) is 4.40. The van der Waals surface area contributed by atoms with E-state index in [4.69, 9.17) is 17.0 Å². The quantitative estimate of drug-likeness (QED) is 0.835. The Hall–Kier alpha value is -0.880. The highest BCUT2D eigenvalue weighted by Gasteiger charge is 2.24. The summed E-state index contributed by atoms with van der Waals surface area (Å²) < 4.78 is 8.11. The summed E-state index contributed by atoms with van der Waals surface area (Å²) in [5, 5.41) is 7.31. The fourth-order valence-corrected chi connectivity index (χ4v) is 2.86. The number of rotatable bonds is 5. The number of H-pyrrole nitrogens is 1. The van der Waals surface area contributed by atoms with Crippen LogP contribution < -0.4 is 4.90 Å². The van der Waals surface area contributed by atoms with Crippen molar-refractivity contribution in [3.63, 3.8) is 0 Å². The molecule has 6 heteroatoms. The van der Waals surface area contributed by atoms with Crippen molar-refractivity contribution in [1.82, 2.24) is 14.8 Å². The van der Waals surface area contributed by atoms with Crippen LogP contribution >= 0.6 is 12.2 Å². The number of nitrogens with zero attached hydrogens (tertiary/aromatic N) is 3. The zero-order chi connectivity index (χ0) is 13.1. The van der Waals surface area contributed by atoms with Crippen LogP contribution in [0.4, 0.5) is 5.95 Å². The summed E-state index contributed by atoms with van der Waals surface area (Å²) in [5.41, 5.74) is 0. The molecule has 102 valence electrons. The highest BCUT2D eigenvalue weighted by Crippen LogP contribution is 2.32. The largest absolute Gasteiger partial charge is 0.383 e. The molecule has 1 N–H and O–H groups in total. The molecule has 1 aliphatic rings. The van der Waals surface area contributed by atoms with Crippen LogP contribution in [-0.4, -0.2) is 41.6 Å². The van der Waals surface area contributed by atoms with Gasteiger partial charge in [-0.15, -0.1) is 5.10 Å². The minimum atomic E-state index is 0.278. The standard InChI is InChI=1S/C12H22N4OS/c1-9(8-17-3)15(2)11-13-14-12(18)16(11)10-6-4-5-7-10/h9-10H,4-8H2,1-3H3,(H,14,18). The lowest BCUT2D eigenvalue weighted by molar-refractivity contribution is 0.182. The maximum Gasteiger partial charge on any atom is 0.226 e. The summed E-state index contributed by atoms with van der Waals surface area (Å²) in [6.07, 6.45) is 4.98. The van der Waals surface area contributed by atoms with E-state index in [1.807, 2.05) is 7.05 Å². The first kappa shape index (κ1) is 13.5. The third-order valence-electron chi connectivity index (χ3n) is 3.76. The molecule has 0 bridgehead atoms. The van der Waals surface area contributed by atoms with E-state index < -0.39 is 0 Å². The zero-order valence-corrected chi connectivity index (χ0v) is 12.2. The molecule has 18 heavy (non-hydrogen) atoms. The lowest BCUT2D eigenvalue weighted by Gasteiger charge is -2.27. The highest BCUT2D eigenvalue weighted by molar-refractivity contribution is 7.71. The first-order valence-corrected chi connectivity index (χ1v) is 6.94. The summed E-state index contributed by atoms with van der Waals surface area (Å²) in [5.74, 6) is 0.927. The maximum absolute atomic E-state index is 5.37. The minimum Gasteiger partial charge on any atom is -0.383 e. The third kappa shape index (κ3) is 2.59. The van der Waals surface area contributed by atoms with Gasteiger partial charge in [-0.05, 0) is 32.0 Å². The monoisotopic (exact) mass is 270 g/mol. The second kappa shape index (κ2) is 5.84. The molecular formula is C12H22N4OS. The van der Waals surface area contributed by atoms with Crippen molar-refractivity contribution in [1.29, 1.82) is 0 Å². The molecule has 2 rings (SSSR count). The van der Waals surface area contributed by atoms with E-state index >= 15 is 0 Å². The number of hydrogen-bond acceptors (Lipinski definition) is 4. The van der Waals surface area contributed by atoms with Gasteiger partial charge in [0.25, 0.3) is 0 Å². The number of aromatic nitrogens is 3. The summed E-state index contributed by atoms with van der Waals surface area (Å²) >= 11 is 5.37. The van der Waals surface area contributed by atoms with Gasteiger partial charge in [0.15, 0.2) is 4.77 Å². The SMILES string of the molecule is COCC(C)N(C)c1n[nH]c(=S)n1C1CCCC1. The van der Waals surface area contributed by atoms with Gasteiger partial charge in [-0.3, -0.25) is 4.57 Å². The van der Waals surface area contributed by atoms with E-state index in [1.54, 1.807) is 7.11 Å². The van der Waals surface area contributed by atoms with E-state index in [0.717, 1.165) is 10.7 Å². The van der Waals surface area contributed by atoms with Crippen molar-refractivity contribution in [2.75, 3.05) is 25.7 Å². The van der Waals surface area contributed by atoms with Crippen LogP contribution in [0.3, 0.4) is 0 Å². The molecule has 1 fully saturated rings. The summed E-state index contributed by atoms with van der Waals surface area (Å²) in [6.45, 7) is 2.81. The van der Waals surface area contributed by atoms with Gasteiger partial charge in [0, 0.05) is 20.2 Å². The topological polar surface area (TPSA) is 46.1 Å². The number of likely N-dealkylation sites (N-methyl/N-ethyl adjacent to an activating group) is 1. The number of ether oxygens (including phenoxy) is 1. The van der Waals surface area contributed by atoms with Crippen molar-refractivity contribution in [2.24, 2.45) is 0 Å². The first-order valence-electron chi connectivity index (χ1n) is 6.53. The van der Waals surface area contributed by atoms with Crippen LogP contribution in [0.25, 0.3) is 0 Å². The molecule has 0 saturated heterocycles. The molecule has 1 saturated carbocycles.